The maximum absolute atomic E-state index is 12.1. The van der Waals surface area contributed by atoms with Crippen LogP contribution in [0.3, 0.4) is 0 Å². The van der Waals surface area contributed by atoms with Crippen molar-refractivity contribution in [2.24, 2.45) is 0 Å². The largest absolute Gasteiger partial charge is 0.383 e. The smallest absolute Gasteiger partial charge is 0.244 e. The van der Waals surface area contributed by atoms with Gasteiger partial charge in [0, 0.05) is 18.0 Å². The number of aromatic nitrogens is 1. The zero-order chi connectivity index (χ0) is 13.0. The average Bonchev–Trinajstić information content (AvgIpc) is 2.38. The summed E-state index contributed by atoms with van der Waals surface area (Å²) in [6, 6.07) is 3.04. The van der Waals surface area contributed by atoms with Gasteiger partial charge in [0.25, 0.3) is 0 Å². The zero-order valence-corrected chi connectivity index (χ0v) is 11.6. The molecule has 100 valence electrons. The van der Waals surface area contributed by atoms with Gasteiger partial charge in [-0.15, -0.1) is 0 Å². The number of nitrogens with zero attached hydrogens (tertiary/aromatic N) is 1. The maximum atomic E-state index is 12.1. The summed E-state index contributed by atoms with van der Waals surface area (Å²) in [5.41, 5.74) is 5.58. The third kappa shape index (κ3) is 3.37. The van der Waals surface area contributed by atoms with Crippen LogP contribution in [0.15, 0.2) is 23.2 Å². The lowest BCUT2D eigenvalue weighted by molar-refractivity contribution is 0.574. The van der Waals surface area contributed by atoms with Crippen LogP contribution in [0.4, 0.5) is 5.82 Å². The lowest BCUT2D eigenvalue weighted by Gasteiger charge is -2.21. The van der Waals surface area contributed by atoms with Crippen LogP contribution >= 0.6 is 11.8 Å². The summed E-state index contributed by atoms with van der Waals surface area (Å²) in [7, 11) is -3.54. The van der Waals surface area contributed by atoms with Crippen LogP contribution in [0, 0.1) is 0 Å². The second-order valence-corrected chi connectivity index (χ2v) is 7.37. The summed E-state index contributed by atoms with van der Waals surface area (Å²) in [5.74, 6) is 1.16. The number of hydrogen-bond acceptors (Lipinski definition) is 5. The van der Waals surface area contributed by atoms with E-state index in [-0.39, 0.29) is 10.7 Å². The molecule has 7 heteroatoms. The lowest BCUT2D eigenvalue weighted by Crippen LogP contribution is -2.32. The quantitative estimate of drug-likeness (QED) is 0.870. The molecule has 0 aromatic carbocycles. The van der Waals surface area contributed by atoms with Crippen LogP contribution in [-0.4, -0.2) is 30.9 Å². The number of nitrogens with two attached hydrogens (primary N) is 1. The highest BCUT2D eigenvalue weighted by Crippen LogP contribution is 2.25. The van der Waals surface area contributed by atoms with Crippen molar-refractivity contribution in [3.05, 3.63) is 18.3 Å². The fourth-order valence-corrected chi connectivity index (χ4v) is 4.38. The van der Waals surface area contributed by atoms with Crippen molar-refractivity contribution >= 4 is 27.6 Å². The van der Waals surface area contributed by atoms with E-state index in [0.717, 1.165) is 12.2 Å². The Morgan fingerprint density at radius 3 is 3.00 bits per heavy atom. The molecular formula is C11H17N3O2S2. The van der Waals surface area contributed by atoms with Gasteiger partial charge in [0.05, 0.1) is 0 Å². The first kappa shape index (κ1) is 13.6. The number of nitrogen functional groups attached to an aromatic ring is 1. The van der Waals surface area contributed by atoms with Crippen molar-refractivity contribution in [1.29, 1.82) is 0 Å². The average molecular weight is 287 g/mol. The van der Waals surface area contributed by atoms with E-state index >= 15 is 0 Å². The van der Waals surface area contributed by atoms with Gasteiger partial charge in [-0.05, 0) is 30.7 Å². The SMILES string of the molecule is Nc1ncccc1S(=O)(=O)NCC1CCCCS1. The zero-order valence-electron chi connectivity index (χ0n) is 10.0. The predicted molar refractivity (Wildman–Crippen MR) is 73.9 cm³/mol. The molecule has 1 unspecified atom stereocenters. The Kier molecular flexibility index (Phi) is 4.47. The first-order valence-electron chi connectivity index (χ1n) is 5.91. The van der Waals surface area contributed by atoms with Crippen LogP contribution in [0.2, 0.25) is 0 Å². The van der Waals surface area contributed by atoms with E-state index in [1.54, 1.807) is 6.07 Å². The van der Waals surface area contributed by atoms with Gasteiger partial charge in [0.2, 0.25) is 10.0 Å². The molecule has 0 aliphatic carbocycles. The molecule has 1 aliphatic heterocycles. The molecule has 0 saturated carbocycles. The highest BCUT2D eigenvalue weighted by atomic mass is 32.2. The second kappa shape index (κ2) is 5.90. The van der Waals surface area contributed by atoms with Crippen molar-refractivity contribution in [2.45, 2.75) is 29.4 Å². The van der Waals surface area contributed by atoms with Gasteiger partial charge in [-0.25, -0.2) is 18.1 Å². The van der Waals surface area contributed by atoms with Gasteiger partial charge in [0.15, 0.2) is 0 Å². The highest BCUT2D eigenvalue weighted by Gasteiger charge is 2.21. The Morgan fingerprint density at radius 2 is 2.33 bits per heavy atom. The van der Waals surface area contributed by atoms with Crippen LogP contribution in [-0.2, 0) is 10.0 Å². The number of hydrogen-bond donors (Lipinski definition) is 2. The van der Waals surface area contributed by atoms with E-state index in [9.17, 15) is 8.42 Å². The number of thioether (sulfide) groups is 1. The fraction of sp³-hybridized carbons (Fsp3) is 0.545. The van der Waals surface area contributed by atoms with Gasteiger partial charge in [-0.1, -0.05) is 6.42 Å². The van der Waals surface area contributed by atoms with Crippen LogP contribution in [0.5, 0.6) is 0 Å². The van der Waals surface area contributed by atoms with Gasteiger partial charge in [-0.3, -0.25) is 0 Å². The summed E-state index contributed by atoms with van der Waals surface area (Å²) in [6.07, 6.45) is 4.94. The molecule has 2 heterocycles. The van der Waals surface area contributed by atoms with E-state index in [1.807, 2.05) is 11.8 Å². The molecule has 1 fully saturated rings. The lowest BCUT2D eigenvalue weighted by atomic mass is 10.2. The molecule has 3 N–H and O–H groups in total. The van der Waals surface area contributed by atoms with Crippen molar-refractivity contribution in [3.8, 4) is 0 Å². The molecular weight excluding hydrogens is 270 g/mol. The standard InChI is InChI=1S/C11H17N3O2S2/c12-11-10(5-3-6-13-11)18(15,16)14-8-9-4-1-2-7-17-9/h3,5-6,9,14H,1-2,4,7-8H2,(H2,12,13). The molecule has 1 atom stereocenters. The molecule has 5 nitrogen and oxygen atoms in total. The Hall–Kier alpha value is -0.790. The molecule has 0 radical (unpaired) electrons. The summed E-state index contributed by atoms with van der Waals surface area (Å²) in [4.78, 5) is 3.85. The molecule has 1 aromatic heterocycles. The highest BCUT2D eigenvalue weighted by molar-refractivity contribution is 8.00. The Balaban J connectivity index is 2.01. The minimum Gasteiger partial charge on any atom is -0.383 e. The third-order valence-corrected chi connectivity index (χ3v) is 5.73. The Bertz CT molecular complexity index is 499. The van der Waals surface area contributed by atoms with Crippen LogP contribution in [0.1, 0.15) is 19.3 Å². The molecule has 1 aliphatic rings. The number of pyridine rings is 1. The van der Waals surface area contributed by atoms with Crippen molar-refractivity contribution in [3.63, 3.8) is 0 Å². The molecule has 0 amide bonds. The fourth-order valence-electron chi connectivity index (χ4n) is 1.88. The number of sulfonamides is 1. The Labute approximate surface area is 112 Å². The minimum atomic E-state index is -3.54. The van der Waals surface area contributed by atoms with Gasteiger partial charge in [-0.2, -0.15) is 11.8 Å². The maximum Gasteiger partial charge on any atom is 0.244 e. The molecule has 1 aromatic rings. The van der Waals surface area contributed by atoms with Crippen molar-refractivity contribution in [1.82, 2.24) is 9.71 Å². The molecule has 2 rings (SSSR count). The summed E-state index contributed by atoms with van der Waals surface area (Å²) < 4.78 is 26.7. The van der Waals surface area contributed by atoms with E-state index in [2.05, 4.69) is 9.71 Å². The normalized spacial score (nSPS) is 20.8. The first-order valence-corrected chi connectivity index (χ1v) is 8.44. The summed E-state index contributed by atoms with van der Waals surface area (Å²) in [6.45, 7) is 0.460. The molecule has 0 spiro atoms. The van der Waals surface area contributed by atoms with Crippen LogP contribution < -0.4 is 10.5 Å². The van der Waals surface area contributed by atoms with E-state index in [1.165, 1.54) is 25.1 Å². The monoisotopic (exact) mass is 287 g/mol. The van der Waals surface area contributed by atoms with E-state index in [0.29, 0.717) is 11.8 Å². The number of rotatable bonds is 4. The molecule has 1 saturated heterocycles. The second-order valence-electron chi connectivity index (χ2n) is 4.23. The predicted octanol–water partition coefficient (Wildman–Crippen LogP) is 1.23. The van der Waals surface area contributed by atoms with E-state index in [4.69, 9.17) is 5.73 Å². The Morgan fingerprint density at radius 1 is 1.50 bits per heavy atom. The molecule has 18 heavy (non-hydrogen) atoms. The van der Waals surface area contributed by atoms with Crippen molar-refractivity contribution < 1.29 is 8.42 Å². The van der Waals surface area contributed by atoms with E-state index < -0.39 is 10.0 Å². The minimum absolute atomic E-state index is 0.0429. The van der Waals surface area contributed by atoms with Crippen LogP contribution in [0.25, 0.3) is 0 Å². The number of anilines is 1. The van der Waals surface area contributed by atoms with Gasteiger partial charge in [0.1, 0.15) is 10.7 Å². The van der Waals surface area contributed by atoms with Gasteiger partial charge < -0.3 is 5.73 Å². The first-order chi connectivity index (χ1) is 8.59. The topological polar surface area (TPSA) is 85.1 Å². The number of nitrogens with one attached hydrogen (secondary N) is 1. The third-order valence-electron chi connectivity index (χ3n) is 2.86. The summed E-state index contributed by atoms with van der Waals surface area (Å²) in [5, 5.41) is 0.367. The molecule has 0 bridgehead atoms. The van der Waals surface area contributed by atoms with Gasteiger partial charge >= 0.3 is 0 Å². The summed E-state index contributed by atoms with van der Waals surface area (Å²) >= 11 is 1.83. The van der Waals surface area contributed by atoms with Crippen molar-refractivity contribution in [2.75, 3.05) is 18.0 Å².